The first kappa shape index (κ1) is 15.3. The zero-order valence-corrected chi connectivity index (χ0v) is 9.35. The van der Waals surface area contributed by atoms with Crippen molar-refractivity contribution in [2.75, 3.05) is 18.1 Å². The van der Waals surface area contributed by atoms with E-state index < -0.39 is 24.9 Å². The maximum absolute atomic E-state index is 12.9. The number of halogens is 6. The molecule has 0 aromatic heterocycles. The molecule has 108 valence electrons. The van der Waals surface area contributed by atoms with Gasteiger partial charge in [-0.2, -0.15) is 17.6 Å². The highest BCUT2D eigenvalue weighted by Gasteiger charge is 2.63. The predicted molar refractivity (Wildman–Crippen MR) is 56.7 cm³/mol. The Morgan fingerprint density at radius 2 is 1.63 bits per heavy atom. The number of benzene rings is 1. The number of alkyl halides is 6. The first-order chi connectivity index (χ1) is 8.58. The highest BCUT2D eigenvalue weighted by molar-refractivity contribution is 5.65. The molecule has 19 heavy (non-hydrogen) atoms. The van der Waals surface area contributed by atoms with E-state index in [1.807, 2.05) is 0 Å². The number of nitrogens with two attached hydrogens (primary N) is 2. The molecule has 0 saturated heterocycles. The van der Waals surface area contributed by atoms with Crippen molar-refractivity contribution in [2.45, 2.75) is 18.3 Å². The minimum absolute atomic E-state index is 0.0126. The fraction of sp³-hybridized carbons (Fsp3) is 0.400. The van der Waals surface area contributed by atoms with E-state index in [0.29, 0.717) is 0 Å². The van der Waals surface area contributed by atoms with E-state index >= 15 is 0 Å². The zero-order chi connectivity index (χ0) is 14.8. The first-order valence-electron chi connectivity index (χ1n) is 4.89. The van der Waals surface area contributed by atoms with Crippen molar-refractivity contribution in [1.82, 2.24) is 0 Å². The van der Waals surface area contributed by atoms with E-state index in [1.54, 1.807) is 0 Å². The van der Waals surface area contributed by atoms with Gasteiger partial charge in [0.1, 0.15) is 5.75 Å². The lowest BCUT2D eigenvalue weighted by molar-refractivity contribution is -0.271. The summed E-state index contributed by atoms with van der Waals surface area (Å²) in [4.78, 5) is 0. The highest BCUT2D eigenvalue weighted by Crippen LogP contribution is 2.39. The van der Waals surface area contributed by atoms with Gasteiger partial charge in [0, 0.05) is 6.07 Å². The van der Waals surface area contributed by atoms with Gasteiger partial charge in [-0.1, -0.05) is 0 Å². The zero-order valence-electron chi connectivity index (χ0n) is 9.35. The van der Waals surface area contributed by atoms with E-state index in [-0.39, 0.29) is 17.1 Å². The molecule has 0 fully saturated rings. The van der Waals surface area contributed by atoms with Crippen LogP contribution in [0.1, 0.15) is 0 Å². The van der Waals surface area contributed by atoms with Gasteiger partial charge < -0.3 is 16.2 Å². The largest absolute Gasteiger partial charge is 0.487 e. The van der Waals surface area contributed by atoms with Crippen LogP contribution in [0.2, 0.25) is 0 Å². The number of hydrogen-bond donors (Lipinski definition) is 2. The molecular weight excluding hydrogens is 278 g/mol. The van der Waals surface area contributed by atoms with Gasteiger partial charge in [0.25, 0.3) is 0 Å². The normalized spacial score (nSPS) is 12.8. The second kappa shape index (κ2) is 5.06. The van der Waals surface area contributed by atoms with Crippen LogP contribution in [0.4, 0.5) is 37.7 Å². The second-order valence-electron chi connectivity index (χ2n) is 3.71. The molecule has 3 nitrogen and oxygen atoms in total. The topological polar surface area (TPSA) is 61.3 Å². The van der Waals surface area contributed by atoms with Gasteiger partial charge in [-0.15, -0.1) is 0 Å². The number of ether oxygens (including phenoxy) is 1. The molecule has 0 aliphatic rings. The Morgan fingerprint density at radius 3 is 2.11 bits per heavy atom. The van der Waals surface area contributed by atoms with Gasteiger partial charge in [-0.25, -0.2) is 8.78 Å². The summed E-state index contributed by atoms with van der Waals surface area (Å²) in [6.45, 7) is -1.91. The summed E-state index contributed by atoms with van der Waals surface area (Å²) in [5, 5.41) is 0. The summed E-state index contributed by atoms with van der Waals surface area (Å²) in [6, 6.07) is 3.32. The molecular formula is C10H10F6N2O. The summed E-state index contributed by atoms with van der Waals surface area (Å²) in [5.74, 6) is -10.8. The van der Waals surface area contributed by atoms with Crippen LogP contribution in [0.5, 0.6) is 5.75 Å². The number of nitrogen functional groups attached to an aromatic ring is 2. The molecule has 0 spiro atoms. The monoisotopic (exact) mass is 288 g/mol. The molecule has 0 bridgehead atoms. The lowest BCUT2D eigenvalue weighted by Gasteiger charge is -2.25. The van der Waals surface area contributed by atoms with Crippen LogP contribution in [0.15, 0.2) is 18.2 Å². The van der Waals surface area contributed by atoms with Crippen molar-refractivity contribution < 1.29 is 31.1 Å². The minimum atomic E-state index is -5.48. The summed E-state index contributed by atoms with van der Waals surface area (Å²) in [7, 11) is 0. The molecule has 0 saturated carbocycles. The SMILES string of the molecule is Nc1ccc(OCC(F)(F)C(F)(F)C(F)F)cc1N. The van der Waals surface area contributed by atoms with Gasteiger partial charge in [-0.3, -0.25) is 0 Å². The van der Waals surface area contributed by atoms with Crippen molar-refractivity contribution in [2.24, 2.45) is 0 Å². The van der Waals surface area contributed by atoms with Gasteiger partial charge in [-0.05, 0) is 12.1 Å². The maximum atomic E-state index is 12.9. The second-order valence-corrected chi connectivity index (χ2v) is 3.71. The van der Waals surface area contributed by atoms with Crippen molar-refractivity contribution in [3.05, 3.63) is 18.2 Å². The molecule has 0 unspecified atom stereocenters. The standard InChI is InChI=1S/C10H10F6N2O/c11-8(12)10(15,16)9(13,14)4-19-5-1-2-6(17)7(18)3-5/h1-3,8H,4,17-18H2. The summed E-state index contributed by atoms with van der Waals surface area (Å²) >= 11 is 0. The van der Waals surface area contributed by atoms with Gasteiger partial charge in [0.2, 0.25) is 0 Å². The van der Waals surface area contributed by atoms with Crippen LogP contribution >= 0.6 is 0 Å². The third-order valence-corrected chi connectivity index (χ3v) is 2.24. The quantitative estimate of drug-likeness (QED) is 0.647. The van der Waals surface area contributed by atoms with E-state index in [9.17, 15) is 26.3 Å². The van der Waals surface area contributed by atoms with E-state index in [0.717, 1.165) is 12.1 Å². The Labute approximate surface area is 104 Å². The molecule has 4 N–H and O–H groups in total. The highest BCUT2D eigenvalue weighted by atomic mass is 19.3. The molecule has 1 rings (SSSR count). The van der Waals surface area contributed by atoms with Crippen LogP contribution < -0.4 is 16.2 Å². The van der Waals surface area contributed by atoms with Gasteiger partial charge >= 0.3 is 18.3 Å². The lowest BCUT2D eigenvalue weighted by Crippen LogP contribution is -2.50. The van der Waals surface area contributed by atoms with Crippen LogP contribution in [0.25, 0.3) is 0 Å². The van der Waals surface area contributed by atoms with Crippen LogP contribution in [0, 0.1) is 0 Å². The first-order valence-corrected chi connectivity index (χ1v) is 4.89. The molecule has 1 aromatic carbocycles. The van der Waals surface area contributed by atoms with Crippen molar-refractivity contribution in [3.8, 4) is 5.75 Å². The van der Waals surface area contributed by atoms with Gasteiger partial charge in [0.15, 0.2) is 6.61 Å². The average molecular weight is 288 g/mol. The van der Waals surface area contributed by atoms with E-state index in [2.05, 4.69) is 4.74 Å². The Balaban J connectivity index is 2.77. The van der Waals surface area contributed by atoms with E-state index in [1.165, 1.54) is 6.07 Å². The predicted octanol–water partition coefficient (Wildman–Crippen LogP) is 2.77. The maximum Gasteiger partial charge on any atom is 0.372 e. The van der Waals surface area contributed by atoms with Crippen LogP contribution in [-0.2, 0) is 0 Å². The minimum Gasteiger partial charge on any atom is -0.487 e. The summed E-state index contributed by atoms with van der Waals surface area (Å²) < 4.78 is 78.9. The Morgan fingerprint density at radius 1 is 1.05 bits per heavy atom. The molecule has 0 heterocycles. The number of anilines is 2. The molecule has 9 heteroatoms. The van der Waals surface area contributed by atoms with Crippen molar-refractivity contribution in [3.63, 3.8) is 0 Å². The average Bonchev–Trinajstić information content (AvgIpc) is 2.30. The van der Waals surface area contributed by atoms with E-state index in [4.69, 9.17) is 11.5 Å². The molecule has 0 atom stereocenters. The number of hydrogen-bond acceptors (Lipinski definition) is 3. The molecule has 0 aliphatic carbocycles. The smallest absolute Gasteiger partial charge is 0.372 e. The van der Waals surface area contributed by atoms with Crippen LogP contribution in [0.3, 0.4) is 0 Å². The molecule has 0 aliphatic heterocycles. The third kappa shape index (κ3) is 3.15. The summed E-state index contributed by atoms with van der Waals surface area (Å²) in [6.07, 6.45) is -4.50. The Hall–Kier alpha value is -1.80. The third-order valence-electron chi connectivity index (χ3n) is 2.24. The summed E-state index contributed by atoms with van der Waals surface area (Å²) in [5.41, 5.74) is 10.8. The molecule has 1 aromatic rings. The van der Waals surface area contributed by atoms with Crippen molar-refractivity contribution >= 4 is 11.4 Å². The lowest BCUT2D eigenvalue weighted by atomic mass is 10.2. The Kier molecular flexibility index (Phi) is 4.06. The fourth-order valence-corrected chi connectivity index (χ4v) is 1.07. The number of rotatable bonds is 5. The van der Waals surface area contributed by atoms with Crippen LogP contribution in [-0.4, -0.2) is 24.9 Å². The fourth-order valence-electron chi connectivity index (χ4n) is 1.07. The molecule has 0 amide bonds. The molecule has 0 radical (unpaired) electrons. The van der Waals surface area contributed by atoms with Gasteiger partial charge in [0.05, 0.1) is 11.4 Å². The van der Waals surface area contributed by atoms with Crippen molar-refractivity contribution in [1.29, 1.82) is 0 Å². The Bertz CT molecular complexity index is 452.